The number of fused-ring (bicyclic) bond motifs is 1. The van der Waals surface area contributed by atoms with Crippen LogP contribution in [0, 0.1) is 0 Å². The molecule has 0 radical (unpaired) electrons. The van der Waals surface area contributed by atoms with Crippen LogP contribution in [0.15, 0.2) is 42.5 Å². The van der Waals surface area contributed by atoms with Gasteiger partial charge in [0.15, 0.2) is 6.61 Å². The van der Waals surface area contributed by atoms with Gasteiger partial charge in [-0.15, -0.1) is 0 Å². The van der Waals surface area contributed by atoms with E-state index in [1.165, 1.54) is 24.0 Å². The summed E-state index contributed by atoms with van der Waals surface area (Å²) in [5, 5.41) is 2.88. The second-order valence-corrected chi connectivity index (χ2v) is 6.01. The van der Waals surface area contributed by atoms with Gasteiger partial charge in [-0.25, -0.2) is 0 Å². The van der Waals surface area contributed by atoms with Crippen molar-refractivity contribution in [2.45, 2.75) is 32.2 Å². The molecule has 0 unspecified atom stereocenters. The van der Waals surface area contributed by atoms with Crippen LogP contribution in [0.25, 0.3) is 0 Å². The highest BCUT2D eigenvalue weighted by Gasteiger charge is 2.14. The van der Waals surface area contributed by atoms with Crippen LogP contribution in [-0.4, -0.2) is 19.6 Å². The summed E-state index contributed by atoms with van der Waals surface area (Å²) in [5.74, 6) is 1.55. The molecule has 3 rings (SSSR count). The third-order valence-corrected chi connectivity index (χ3v) is 4.36. The number of methoxy groups -OCH3 is 1. The van der Waals surface area contributed by atoms with Crippen LogP contribution in [0.5, 0.6) is 11.5 Å². The molecular weight excluding hydrogens is 302 g/mol. The third-order valence-electron chi connectivity index (χ3n) is 4.36. The zero-order valence-electron chi connectivity index (χ0n) is 14.0. The topological polar surface area (TPSA) is 47.6 Å². The molecule has 0 bridgehead atoms. The average molecular weight is 325 g/mol. The highest BCUT2D eigenvalue weighted by atomic mass is 16.5. The van der Waals surface area contributed by atoms with Crippen LogP contribution >= 0.6 is 0 Å². The minimum atomic E-state index is -0.112. The molecule has 2 aromatic carbocycles. The molecule has 2 aromatic rings. The van der Waals surface area contributed by atoms with Gasteiger partial charge in [0.1, 0.15) is 11.5 Å². The molecule has 0 saturated carbocycles. The Kier molecular flexibility index (Phi) is 5.36. The van der Waals surface area contributed by atoms with Gasteiger partial charge in [-0.05, 0) is 60.6 Å². The molecule has 0 aliphatic heterocycles. The molecule has 0 heterocycles. The molecule has 0 aromatic heterocycles. The summed E-state index contributed by atoms with van der Waals surface area (Å²) >= 11 is 0. The van der Waals surface area contributed by atoms with Crippen molar-refractivity contribution in [1.29, 1.82) is 0 Å². The van der Waals surface area contributed by atoms with E-state index in [4.69, 9.17) is 9.47 Å². The fraction of sp³-hybridized carbons (Fsp3) is 0.350. The highest BCUT2D eigenvalue weighted by Crippen LogP contribution is 2.29. The van der Waals surface area contributed by atoms with E-state index in [1.807, 2.05) is 36.4 Å². The molecule has 0 fully saturated rings. The second-order valence-electron chi connectivity index (χ2n) is 6.01. The lowest BCUT2D eigenvalue weighted by molar-refractivity contribution is -0.123. The first kappa shape index (κ1) is 16.4. The van der Waals surface area contributed by atoms with Crippen LogP contribution in [-0.2, 0) is 24.2 Å². The quantitative estimate of drug-likeness (QED) is 0.887. The minimum Gasteiger partial charge on any atom is -0.497 e. The number of hydrogen-bond donors (Lipinski definition) is 1. The summed E-state index contributed by atoms with van der Waals surface area (Å²) < 4.78 is 10.9. The van der Waals surface area contributed by atoms with Crippen molar-refractivity contribution in [3.05, 3.63) is 59.2 Å². The van der Waals surface area contributed by atoms with Gasteiger partial charge in [0, 0.05) is 6.54 Å². The average Bonchev–Trinajstić information content (AvgIpc) is 2.65. The number of ether oxygens (including phenoxy) is 2. The first-order valence-corrected chi connectivity index (χ1v) is 8.39. The van der Waals surface area contributed by atoms with Crippen molar-refractivity contribution in [3.63, 3.8) is 0 Å². The Morgan fingerprint density at radius 3 is 2.67 bits per heavy atom. The normalized spacial score (nSPS) is 13.0. The molecule has 1 amide bonds. The van der Waals surface area contributed by atoms with E-state index >= 15 is 0 Å². The second kappa shape index (κ2) is 7.86. The highest BCUT2D eigenvalue weighted by molar-refractivity contribution is 5.77. The standard InChI is InChI=1S/C20H23NO3/c1-23-17-11-9-15(10-12-17)13-21-20(22)14-24-19-8-4-6-16-5-2-3-7-18(16)19/h4,6,8-12H,2-3,5,7,13-14H2,1H3,(H,21,22). The van der Waals surface area contributed by atoms with E-state index in [-0.39, 0.29) is 12.5 Å². The number of nitrogens with one attached hydrogen (secondary N) is 1. The number of aryl methyl sites for hydroxylation is 1. The Balaban J connectivity index is 1.50. The molecule has 24 heavy (non-hydrogen) atoms. The molecule has 1 aliphatic carbocycles. The van der Waals surface area contributed by atoms with E-state index in [9.17, 15) is 4.79 Å². The largest absolute Gasteiger partial charge is 0.497 e. The third kappa shape index (κ3) is 4.07. The molecule has 0 spiro atoms. The SMILES string of the molecule is COc1ccc(CNC(=O)COc2cccc3c2CCCC3)cc1. The number of hydrogen-bond acceptors (Lipinski definition) is 3. The monoisotopic (exact) mass is 325 g/mol. The lowest BCUT2D eigenvalue weighted by Gasteiger charge is -2.19. The zero-order valence-corrected chi connectivity index (χ0v) is 14.0. The predicted octanol–water partition coefficient (Wildman–Crippen LogP) is 3.27. The molecule has 126 valence electrons. The summed E-state index contributed by atoms with van der Waals surface area (Å²) in [4.78, 5) is 12.0. The number of amides is 1. The Hall–Kier alpha value is -2.49. The summed E-state index contributed by atoms with van der Waals surface area (Å²) in [7, 11) is 1.64. The smallest absolute Gasteiger partial charge is 0.258 e. The number of rotatable bonds is 6. The molecule has 4 heteroatoms. The van der Waals surface area contributed by atoms with Crippen LogP contribution in [0.1, 0.15) is 29.5 Å². The van der Waals surface area contributed by atoms with E-state index in [0.29, 0.717) is 6.54 Å². The van der Waals surface area contributed by atoms with E-state index < -0.39 is 0 Å². The van der Waals surface area contributed by atoms with Gasteiger partial charge in [-0.2, -0.15) is 0 Å². The van der Waals surface area contributed by atoms with Gasteiger partial charge in [0.05, 0.1) is 7.11 Å². The van der Waals surface area contributed by atoms with E-state index in [1.54, 1.807) is 7.11 Å². The zero-order chi connectivity index (χ0) is 16.8. The van der Waals surface area contributed by atoms with Gasteiger partial charge in [0.25, 0.3) is 5.91 Å². The van der Waals surface area contributed by atoms with E-state index in [2.05, 4.69) is 11.4 Å². The lowest BCUT2D eigenvalue weighted by Crippen LogP contribution is -2.28. The van der Waals surface area contributed by atoms with Crippen LogP contribution in [0.3, 0.4) is 0 Å². The van der Waals surface area contributed by atoms with Crippen molar-refractivity contribution in [3.8, 4) is 11.5 Å². The van der Waals surface area contributed by atoms with E-state index in [0.717, 1.165) is 29.9 Å². The number of carbonyl (C=O) groups excluding carboxylic acids is 1. The van der Waals surface area contributed by atoms with Crippen molar-refractivity contribution >= 4 is 5.91 Å². The Morgan fingerprint density at radius 1 is 1.08 bits per heavy atom. The van der Waals surface area contributed by atoms with Crippen molar-refractivity contribution in [2.24, 2.45) is 0 Å². The maximum Gasteiger partial charge on any atom is 0.258 e. The predicted molar refractivity (Wildman–Crippen MR) is 93.4 cm³/mol. The summed E-state index contributed by atoms with van der Waals surface area (Å²) in [6.07, 6.45) is 4.57. The fourth-order valence-electron chi connectivity index (χ4n) is 3.02. The Bertz CT molecular complexity index is 695. The van der Waals surface area contributed by atoms with Crippen molar-refractivity contribution in [2.75, 3.05) is 13.7 Å². The molecule has 0 atom stereocenters. The summed E-state index contributed by atoms with van der Waals surface area (Å²) in [6, 6.07) is 13.8. The Morgan fingerprint density at radius 2 is 1.88 bits per heavy atom. The van der Waals surface area contributed by atoms with Crippen LogP contribution < -0.4 is 14.8 Å². The van der Waals surface area contributed by atoms with Gasteiger partial charge in [0.2, 0.25) is 0 Å². The van der Waals surface area contributed by atoms with Crippen LogP contribution in [0.2, 0.25) is 0 Å². The summed E-state index contributed by atoms with van der Waals surface area (Å²) in [5.41, 5.74) is 3.66. The first-order chi connectivity index (χ1) is 11.8. The van der Waals surface area contributed by atoms with Crippen molar-refractivity contribution < 1.29 is 14.3 Å². The van der Waals surface area contributed by atoms with Crippen LogP contribution in [0.4, 0.5) is 0 Å². The first-order valence-electron chi connectivity index (χ1n) is 8.39. The Labute approximate surface area is 142 Å². The molecule has 0 saturated heterocycles. The molecule has 4 nitrogen and oxygen atoms in total. The molecule has 1 aliphatic rings. The maximum absolute atomic E-state index is 12.0. The number of benzene rings is 2. The van der Waals surface area contributed by atoms with Gasteiger partial charge < -0.3 is 14.8 Å². The van der Waals surface area contributed by atoms with Gasteiger partial charge in [-0.3, -0.25) is 4.79 Å². The fourth-order valence-corrected chi connectivity index (χ4v) is 3.02. The maximum atomic E-state index is 12.0. The van der Waals surface area contributed by atoms with Gasteiger partial charge in [-0.1, -0.05) is 24.3 Å². The van der Waals surface area contributed by atoms with Gasteiger partial charge >= 0.3 is 0 Å². The lowest BCUT2D eigenvalue weighted by atomic mass is 9.91. The minimum absolute atomic E-state index is 0.0482. The summed E-state index contributed by atoms with van der Waals surface area (Å²) in [6.45, 7) is 0.533. The molecular formula is C20H23NO3. The molecule has 1 N–H and O–H groups in total. The number of carbonyl (C=O) groups is 1. The van der Waals surface area contributed by atoms with Crippen molar-refractivity contribution in [1.82, 2.24) is 5.32 Å².